The highest BCUT2D eigenvalue weighted by Crippen LogP contribution is 2.42. The van der Waals surface area contributed by atoms with Gasteiger partial charge in [0, 0.05) is 20.2 Å². The zero-order chi connectivity index (χ0) is 20.5. The summed E-state index contributed by atoms with van der Waals surface area (Å²) < 4.78 is 18.8. The molecule has 4 rings (SSSR count). The summed E-state index contributed by atoms with van der Waals surface area (Å²) in [6, 6.07) is 10.9. The van der Waals surface area contributed by atoms with Gasteiger partial charge in [0.05, 0.1) is 49.0 Å². The van der Waals surface area contributed by atoms with Crippen LogP contribution in [0.5, 0.6) is 11.5 Å². The summed E-state index contributed by atoms with van der Waals surface area (Å²) in [5.74, 6) is 1.49. The van der Waals surface area contributed by atoms with Crippen LogP contribution < -0.4 is 14.4 Å². The van der Waals surface area contributed by atoms with Crippen LogP contribution in [0.3, 0.4) is 0 Å². The Morgan fingerprint density at radius 2 is 1.79 bits per heavy atom. The predicted octanol–water partition coefficient (Wildman–Crippen LogP) is 4.33. The highest BCUT2D eigenvalue weighted by atomic mass is 16.5. The van der Waals surface area contributed by atoms with E-state index in [1.54, 1.807) is 21.3 Å². The Morgan fingerprint density at radius 3 is 2.34 bits per heavy atom. The lowest BCUT2D eigenvalue weighted by atomic mass is 10.0. The molecule has 1 aromatic carbocycles. The zero-order valence-corrected chi connectivity index (χ0v) is 17.9. The number of benzene rings is 1. The number of fused-ring (bicyclic) bond motifs is 1. The van der Waals surface area contributed by atoms with Crippen molar-refractivity contribution in [3.8, 4) is 22.8 Å². The Hall–Kier alpha value is -2.73. The lowest BCUT2D eigenvalue weighted by Gasteiger charge is -2.19. The number of hydrogen-bond donors (Lipinski definition) is 0. The number of nitrogens with zero attached hydrogens (tertiary/aromatic N) is 3. The van der Waals surface area contributed by atoms with Crippen molar-refractivity contribution in [3.05, 3.63) is 41.6 Å². The number of methoxy groups -OCH3 is 3. The smallest absolute Gasteiger partial charge is 0.132 e. The van der Waals surface area contributed by atoms with E-state index in [0.717, 1.165) is 46.0 Å². The summed E-state index contributed by atoms with van der Waals surface area (Å²) in [5, 5.41) is 4.99. The van der Waals surface area contributed by atoms with Crippen LogP contribution in [0.15, 0.2) is 30.3 Å². The first kappa shape index (κ1) is 19.6. The monoisotopic (exact) mass is 395 g/mol. The number of hydrogen-bond acceptors (Lipinski definition) is 5. The van der Waals surface area contributed by atoms with Gasteiger partial charge in [-0.1, -0.05) is 13.0 Å². The number of aryl methyl sites for hydroxylation is 1. The predicted molar refractivity (Wildman–Crippen MR) is 115 cm³/mol. The number of pyridine rings is 1. The number of anilines is 1. The van der Waals surface area contributed by atoms with Gasteiger partial charge in [-0.15, -0.1) is 0 Å². The first-order valence-electron chi connectivity index (χ1n) is 10.1. The summed E-state index contributed by atoms with van der Waals surface area (Å²) in [6.07, 6.45) is 3.38. The third kappa shape index (κ3) is 3.42. The van der Waals surface area contributed by atoms with Crippen LogP contribution in [0.25, 0.3) is 16.8 Å². The van der Waals surface area contributed by atoms with Gasteiger partial charge in [0.1, 0.15) is 11.5 Å². The van der Waals surface area contributed by atoms with Crippen LogP contribution >= 0.6 is 0 Å². The van der Waals surface area contributed by atoms with Crippen molar-refractivity contribution in [2.75, 3.05) is 33.3 Å². The molecule has 1 saturated carbocycles. The first-order valence-corrected chi connectivity index (χ1v) is 10.1. The molecule has 1 aliphatic rings. The van der Waals surface area contributed by atoms with E-state index in [0.29, 0.717) is 12.6 Å². The van der Waals surface area contributed by atoms with Crippen molar-refractivity contribution in [3.63, 3.8) is 0 Å². The van der Waals surface area contributed by atoms with E-state index in [4.69, 9.17) is 19.3 Å². The maximum Gasteiger partial charge on any atom is 0.132 e. The Morgan fingerprint density at radius 1 is 1.10 bits per heavy atom. The molecule has 0 bridgehead atoms. The zero-order valence-electron chi connectivity index (χ0n) is 17.9. The Bertz CT molecular complexity index is 999. The topological polar surface area (TPSA) is 48.2 Å². The van der Waals surface area contributed by atoms with E-state index < -0.39 is 0 Å². The molecule has 154 valence electrons. The summed E-state index contributed by atoms with van der Waals surface area (Å²) in [4.78, 5) is 2.39. The summed E-state index contributed by atoms with van der Waals surface area (Å²) in [5.41, 5.74) is 6.29. The SMILES string of the molecule is CCc1nn2c(-c3c(OC)cc(COC)cc3OC)cccc2c1N(C)C1CC1. The van der Waals surface area contributed by atoms with Crippen molar-refractivity contribution < 1.29 is 14.2 Å². The van der Waals surface area contributed by atoms with Crippen molar-refractivity contribution in [1.29, 1.82) is 0 Å². The molecule has 3 aromatic rings. The van der Waals surface area contributed by atoms with Gasteiger partial charge in [0.15, 0.2) is 0 Å². The summed E-state index contributed by atoms with van der Waals surface area (Å²) >= 11 is 0. The lowest BCUT2D eigenvalue weighted by Crippen LogP contribution is -2.20. The number of rotatable bonds is 8. The summed E-state index contributed by atoms with van der Waals surface area (Å²) in [7, 11) is 7.23. The highest BCUT2D eigenvalue weighted by Gasteiger charge is 2.30. The molecule has 0 unspecified atom stereocenters. The van der Waals surface area contributed by atoms with Gasteiger partial charge in [-0.25, -0.2) is 4.52 Å². The largest absolute Gasteiger partial charge is 0.496 e. The minimum absolute atomic E-state index is 0.495. The molecule has 0 aliphatic heterocycles. The van der Waals surface area contributed by atoms with Crippen molar-refractivity contribution in [2.45, 2.75) is 38.8 Å². The fraction of sp³-hybridized carbons (Fsp3) is 0.435. The molecule has 0 amide bonds. The van der Waals surface area contributed by atoms with E-state index >= 15 is 0 Å². The molecule has 0 spiro atoms. The van der Waals surface area contributed by atoms with Gasteiger partial charge in [0.25, 0.3) is 0 Å². The van der Waals surface area contributed by atoms with E-state index in [9.17, 15) is 0 Å². The van der Waals surface area contributed by atoms with Gasteiger partial charge in [-0.3, -0.25) is 0 Å². The van der Waals surface area contributed by atoms with E-state index in [-0.39, 0.29) is 0 Å². The standard InChI is InChI=1S/C23H29N3O3/c1-6-17-23(25(2)16-10-11-16)19-9-7-8-18(26(19)24-17)22-20(28-4)12-15(14-27-3)13-21(22)29-5/h7-9,12-13,16H,6,10-11,14H2,1-5H3. The van der Waals surface area contributed by atoms with Crippen molar-refractivity contribution in [2.24, 2.45) is 0 Å². The Labute approximate surface area is 172 Å². The molecule has 0 saturated heterocycles. The maximum absolute atomic E-state index is 5.75. The molecule has 1 aliphatic carbocycles. The van der Waals surface area contributed by atoms with Crippen LogP contribution in [0.1, 0.15) is 31.0 Å². The van der Waals surface area contributed by atoms with Gasteiger partial charge >= 0.3 is 0 Å². The summed E-state index contributed by atoms with van der Waals surface area (Å²) in [6.45, 7) is 2.65. The quantitative estimate of drug-likeness (QED) is 0.568. The number of ether oxygens (including phenoxy) is 3. The van der Waals surface area contributed by atoms with Crippen LogP contribution in [0.2, 0.25) is 0 Å². The van der Waals surface area contributed by atoms with Gasteiger partial charge < -0.3 is 19.1 Å². The van der Waals surface area contributed by atoms with Crippen LogP contribution in [-0.2, 0) is 17.8 Å². The molecule has 2 aromatic heterocycles. The highest BCUT2D eigenvalue weighted by molar-refractivity contribution is 5.82. The van der Waals surface area contributed by atoms with Gasteiger partial charge in [-0.05, 0) is 49.1 Å². The molecule has 1 fully saturated rings. The minimum Gasteiger partial charge on any atom is -0.496 e. The molecule has 0 atom stereocenters. The second-order valence-electron chi connectivity index (χ2n) is 7.51. The first-order chi connectivity index (χ1) is 14.1. The second kappa shape index (κ2) is 7.95. The van der Waals surface area contributed by atoms with Crippen LogP contribution in [0, 0.1) is 0 Å². The fourth-order valence-corrected chi connectivity index (χ4v) is 4.03. The number of aromatic nitrogens is 2. The molecule has 0 radical (unpaired) electrons. The third-order valence-corrected chi connectivity index (χ3v) is 5.62. The Kier molecular flexibility index (Phi) is 5.37. The van der Waals surface area contributed by atoms with Crippen molar-refractivity contribution >= 4 is 11.2 Å². The van der Waals surface area contributed by atoms with Crippen LogP contribution in [0.4, 0.5) is 5.69 Å². The maximum atomic E-state index is 5.75. The normalized spacial score (nSPS) is 13.7. The lowest BCUT2D eigenvalue weighted by molar-refractivity contribution is 0.184. The second-order valence-corrected chi connectivity index (χ2v) is 7.51. The van der Waals surface area contributed by atoms with Crippen molar-refractivity contribution in [1.82, 2.24) is 9.61 Å². The molecular formula is C23H29N3O3. The Balaban J connectivity index is 1.95. The van der Waals surface area contributed by atoms with E-state index in [1.165, 1.54) is 18.5 Å². The van der Waals surface area contributed by atoms with Crippen LogP contribution in [-0.4, -0.2) is 44.0 Å². The molecule has 29 heavy (non-hydrogen) atoms. The molecule has 6 heteroatoms. The van der Waals surface area contributed by atoms with E-state index in [1.807, 2.05) is 16.6 Å². The molecule has 0 N–H and O–H groups in total. The fourth-order valence-electron chi connectivity index (χ4n) is 4.03. The average molecular weight is 396 g/mol. The van der Waals surface area contributed by atoms with Gasteiger partial charge in [-0.2, -0.15) is 5.10 Å². The van der Waals surface area contributed by atoms with E-state index in [2.05, 4.69) is 37.1 Å². The molecule has 2 heterocycles. The molecule has 6 nitrogen and oxygen atoms in total. The third-order valence-electron chi connectivity index (χ3n) is 5.62. The molecular weight excluding hydrogens is 366 g/mol. The average Bonchev–Trinajstić information content (AvgIpc) is 3.52. The van der Waals surface area contributed by atoms with Gasteiger partial charge in [0.2, 0.25) is 0 Å². The minimum atomic E-state index is 0.495.